The minimum absolute atomic E-state index is 0.568. The molecule has 2 aliphatic rings. The molecular formula is C15H31N3O. The molecule has 2 heterocycles. The van der Waals surface area contributed by atoms with Gasteiger partial charge in [-0.05, 0) is 12.5 Å². The lowest BCUT2D eigenvalue weighted by atomic mass is 10.0. The van der Waals surface area contributed by atoms with Crippen molar-refractivity contribution in [1.29, 1.82) is 0 Å². The topological polar surface area (TPSA) is 27.7 Å². The Balaban J connectivity index is 1.70. The summed E-state index contributed by atoms with van der Waals surface area (Å²) in [6, 6.07) is 0.568. The Kier molecular flexibility index (Phi) is 6.07. The first-order valence-electron chi connectivity index (χ1n) is 7.95. The largest absolute Gasteiger partial charge is 0.379 e. The van der Waals surface area contributed by atoms with E-state index in [4.69, 9.17) is 4.74 Å². The number of hydrogen-bond donors (Lipinski definition) is 1. The fourth-order valence-corrected chi connectivity index (χ4v) is 3.27. The van der Waals surface area contributed by atoms with E-state index in [1.165, 1.54) is 39.3 Å². The van der Waals surface area contributed by atoms with Crippen molar-refractivity contribution in [2.75, 3.05) is 59.0 Å². The first-order chi connectivity index (χ1) is 9.19. The molecule has 0 saturated carbocycles. The van der Waals surface area contributed by atoms with Gasteiger partial charge >= 0.3 is 0 Å². The third-order valence-electron chi connectivity index (χ3n) is 4.25. The number of piperazine rings is 1. The highest BCUT2D eigenvalue weighted by molar-refractivity contribution is 4.85. The van der Waals surface area contributed by atoms with Gasteiger partial charge in [-0.1, -0.05) is 20.8 Å². The van der Waals surface area contributed by atoms with E-state index in [0.29, 0.717) is 12.0 Å². The molecule has 2 fully saturated rings. The summed E-state index contributed by atoms with van der Waals surface area (Å²) < 4.78 is 5.64. The molecule has 0 aliphatic carbocycles. The van der Waals surface area contributed by atoms with Crippen LogP contribution in [0.4, 0.5) is 0 Å². The van der Waals surface area contributed by atoms with Crippen molar-refractivity contribution in [3.05, 3.63) is 0 Å². The fraction of sp³-hybridized carbons (Fsp3) is 1.00. The fourth-order valence-electron chi connectivity index (χ4n) is 3.27. The first kappa shape index (κ1) is 15.2. The number of likely N-dealkylation sites (N-methyl/N-ethyl adjacent to an activating group) is 1. The molecule has 4 nitrogen and oxygen atoms in total. The van der Waals surface area contributed by atoms with E-state index >= 15 is 0 Å². The Hall–Kier alpha value is -0.160. The van der Waals surface area contributed by atoms with Crippen LogP contribution >= 0.6 is 0 Å². The maximum Gasteiger partial charge on any atom is 0.0623 e. The van der Waals surface area contributed by atoms with Crippen LogP contribution in [0.5, 0.6) is 0 Å². The van der Waals surface area contributed by atoms with Crippen molar-refractivity contribution < 1.29 is 4.74 Å². The van der Waals surface area contributed by atoms with Crippen molar-refractivity contribution in [3.63, 3.8) is 0 Å². The average Bonchev–Trinajstić information content (AvgIpc) is 2.79. The second-order valence-corrected chi connectivity index (χ2v) is 6.46. The van der Waals surface area contributed by atoms with E-state index in [2.05, 4.69) is 35.9 Å². The Labute approximate surface area is 118 Å². The summed E-state index contributed by atoms with van der Waals surface area (Å²) in [6.45, 7) is 17.0. The summed E-state index contributed by atoms with van der Waals surface area (Å²) in [5, 5.41) is 3.56. The van der Waals surface area contributed by atoms with Crippen LogP contribution in [0.3, 0.4) is 0 Å². The summed E-state index contributed by atoms with van der Waals surface area (Å²) in [4.78, 5) is 5.23. The third kappa shape index (κ3) is 4.71. The predicted molar refractivity (Wildman–Crippen MR) is 79.5 cm³/mol. The van der Waals surface area contributed by atoms with Crippen LogP contribution in [0, 0.1) is 11.8 Å². The van der Waals surface area contributed by atoms with Crippen LogP contribution in [0.25, 0.3) is 0 Å². The molecule has 2 aliphatic heterocycles. The minimum Gasteiger partial charge on any atom is -0.379 e. The first-order valence-corrected chi connectivity index (χ1v) is 7.95. The molecule has 2 rings (SSSR count). The summed E-state index contributed by atoms with van der Waals surface area (Å²) in [6.07, 6.45) is 0. The van der Waals surface area contributed by atoms with Crippen molar-refractivity contribution in [1.82, 2.24) is 15.1 Å². The molecule has 0 amide bonds. The van der Waals surface area contributed by atoms with E-state index < -0.39 is 0 Å². The van der Waals surface area contributed by atoms with Crippen LogP contribution in [0.1, 0.15) is 20.8 Å². The lowest BCUT2D eigenvalue weighted by Crippen LogP contribution is -2.50. The Morgan fingerprint density at radius 1 is 1.11 bits per heavy atom. The van der Waals surface area contributed by atoms with Gasteiger partial charge in [-0.25, -0.2) is 0 Å². The van der Waals surface area contributed by atoms with Crippen LogP contribution in [-0.2, 0) is 4.74 Å². The normalized spacial score (nSPS) is 30.3. The number of rotatable bonds is 6. The maximum absolute atomic E-state index is 5.64. The summed E-state index contributed by atoms with van der Waals surface area (Å²) in [7, 11) is 0. The number of hydrogen-bond acceptors (Lipinski definition) is 4. The maximum atomic E-state index is 5.64. The van der Waals surface area contributed by atoms with Gasteiger partial charge in [0.1, 0.15) is 0 Å². The van der Waals surface area contributed by atoms with Gasteiger partial charge in [-0.2, -0.15) is 0 Å². The number of nitrogens with one attached hydrogen (secondary N) is 1. The molecule has 0 radical (unpaired) electrons. The van der Waals surface area contributed by atoms with E-state index in [-0.39, 0.29) is 0 Å². The Bertz CT molecular complexity index is 252. The lowest BCUT2D eigenvalue weighted by molar-refractivity contribution is 0.102. The van der Waals surface area contributed by atoms with Gasteiger partial charge in [0.05, 0.1) is 13.2 Å². The van der Waals surface area contributed by atoms with Crippen LogP contribution in [-0.4, -0.2) is 74.9 Å². The van der Waals surface area contributed by atoms with Crippen molar-refractivity contribution in [3.8, 4) is 0 Å². The van der Waals surface area contributed by atoms with E-state index in [9.17, 15) is 0 Å². The molecule has 2 unspecified atom stereocenters. The zero-order valence-corrected chi connectivity index (χ0v) is 12.9. The van der Waals surface area contributed by atoms with E-state index in [1.54, 1.807) is 0 Å². The van der Waals surface area contributed by atoms with Crippen molar-refractivity contribution >= 4 is 0 Å². The molecule has 0 aromatic carbocycles. The SMILES string of the molecule is CCNC1COCC1CN1CCN(CC(C)C)CC1. The van der Waals surface area contributed by atoms with Crippen LogP contribution in [0.2, 0.25) is 0 Å². The predicted octanol–water partition coefficient (Wildman–Crippen LogP) is 0.885. The second kappa shape index (κ2) is 7.58. The monoisotopic (exact) mass is 269 g/mol. The highest BCUT2D eigenvalue weighted by Crippen LogP contribution is 2.16. The standard InChI is InChI=1S/C15H31N3O/c1-4-16-15-12-19-11-14(15)10-18-7-5-17(6-8-18)9-13(2)3/h13-16H,4-12H2,1-3H3. The lowest BCUT2D eigenvalue weighted by Gasteiger charge is -2.37. The van der Waals surface area contributed by atoms with Gasteiger partial charge in [-0.3, -0.25) is 0 Å². The number of ether oxygens (including phenoxy) is 1. The minimum atomic E-state index is 0.568. The molecule has 0 aromatic rings. The molecule has 4 heteroatoms. The molecule has 2 atom stereocenters. The third-order valence-corrected chi connectivity index (χ3v) is 4.25. The van der Waals surface area contributed by atoms with Gasteiger partial charge < -0.3 is 19.9 Å². The smallest absolute Gasteiger partial charge is 0.0623 e. The summed E-state index contributed by atoms with van der Waals surface area (Å²) in [5.74, 6) is 1.46. The molecule has 0 bridgehead atoms. The van der Waals surface area contributed by atoms with E-state index in [0.717, 1.165) is 25.7 Å². The zero-order valence-electron chi connectivity index (χ0n) is 12.9. The van der Waals surface area contributed by atoms with Gasteiger partial charge in [0.15, 0.2) is 0 Å². The zero-order chi connectivity index (χ0) is 13.7. The van der Waals surface area contributed by atoms with Crippen molar-refractivity contribution in [2.45, 2.75) is 26.8 Å². The molecule has 0 spiro atoms. The molecule has 0 aromatic heterocycles. The van der Waals surface area contributed by atoms with Crippen LogP contribution in [0.15, 0.2) is 0 Å². The van der Waals surface area contributed by atoms with Gasteiger partial charge in [-0.15, -0.1) is 0 Å². The average molecular weight is 269 g/mol. The van der Waals surface area contributed by atoms with E-state index in [1.807, 2.05) is 0 Å². The van der Waals surface area contributed by atoms with Gasteiger partial charge in [0.25, 0.3) is 0 Å². The van der Waals surface area contributed by atoms with Gasteiger partial charge in [0.2, 0.25) is 0 Å². The molecular weight excluding hydrogens is 238 g/mol. The molecule has 2 saturated heterocycles. The highest BCUT2D eigenvalue weighted by Gasteiger charge is 2.30. The molecule has 1 N–H and O–H groups in total. The second-order valence-electron chi connectivity index (χ2n) is 6.46. The quantitative estimate of drug-likeness (QED) is 0.775. The Morgan fingerprint density at radius 2 is 1.79 bits per heavy atom. The molecule has 112 valence electrons. The summed E-state index contributed by atoms with van der Waals surface area (Å²) in [5.41, 5.74) is 0. The summed E-state index contributed by atoms with van der Waals surface area (Å²) >= 11 is 0. The highest BCUT2D eigenvalue weighted by atomic mass is 16.5. The number of nitrogens with zero attached hydrogens (tertiary/aromatic N) is 2. The van der Waals surface area contributed by atoms with Crippen LogP contribution < -0.4 is 5.32 Å². The Morgan fingerprint density at radius 3 is 2.42 bits per heavy atom. The van der Waals surface area contributed by atoms with Crippen molar-refractivity contribution in [2.24, 2.45) is 11.8 Å². The van der Waals surface area contributed by atoms with Gasteiger partial charge in [0, 0.05) is 51.2 Å². The molecule has 19 heavy (non-hydrogen) atoms.